The van der Waals surface area contributed by atoms with Gasteiger partial charge in [0.15, 0.2) is 0 Å². The summed E-state index contributed by atoms with van der Waals surface area (Å²) in [4.78, 5) is 31.1. The molecule has 1 fully saturated rings. The number of nitrogens with one attached hydrogen (secondary N) is 3. The van der Waals surface area contributed by atoms with Crippen molar-refractivity contribution in [3.05, 3.63) is 83.1 Å². The van der Waals surface area contributed by atoms with E-state index in [4.69, 9.17) is 21.7 Å². The zero-order chi connectivity index (χ0) is 21.8. The lowest BCUT2D eigenvalue weighted by Gasteiger charge is -2.15. The van der Waals surface area contributed by atoms with Crippen molar-refractivity contribution in [2.75, 3.05) is 28.7 Å². The molecule has 0 atom stereocenters. The number of amides is 2. The highest BCUT2D eigenvalue weighted by atomic mass is 35.5. The molecule has 9 heteroatoms. The van der Waals surface area contributed by atoms with Crippen LogP contribution < -0.4 is 15.5 Å². The summed E-state index contributed by atoms with van der Waals surface area (Å²) in [7, 11) is 0. The van der Waals surface area contributed by atoms with E-state index in [0.717, 1.165) is 5.69 Å². The first-order valence-electron chi connectivity index (χ1n) is 9.42. The van der Waals surface area contributed by atoms with E-state index in [1.165, 1.54) is 18.5 Å². The van der Waals surface area contributed by atoms with Gasteiger partial charge in [0.25, 0.3) is 17.8 Å². The number of ether oxygens (including phenoxy) is 1. The van der Waals surface area contributed by atoms with Gasteiger partial charge in [-0.1, -0.05) is 19.0 Å². The Morgan fingerprint density at radius 1 is 1.00 bits per heavy atom. The van der Waals surface area contributed by atoms with Crippen molar-refractivity contribution in [2.45, 2.75) is 7.43 Å². The Hall–Kier alpha value is -3.91. The predicted octanol–water partition coefficient (Wildman–Crippen LogP) is 4.65. The van der Waals surface area contributed by atoms with Crippen LogP contribution in [0.25, 0.3) is 0 Å². The van der Waals surface area contributed by atoms with Crippen LogP contribution in [-0.2, 0) is 4.74 Å². The van der Waals surface area contributed by atoms with E-state index in [-0.39, 0.29) is 30.8 Å². The Morgan fingerprint density at radius 2 is 1.72 bits per heavy atom. The van der Waals surface area contributed by atoms with E-state index in [9.17, 15) is 9.59 Å². The molecule has 1 saturated heterocycles. The van der Waals surface area contributed by atoms with Gasteiger partial charge in [-0.15, -0.1) is 0 Å². The third-order valence-corrected chi connectivity index (χ3v) is 4.91. The van der Waals surface area contributed by atoms with Crippen LogP contribution in [0.4, 0.5) is 17.1 Å². The lowest BCUT2D eigenvalue weighted by molar-refractivity contribution is 0.102. The molecule has 0 spiro atoms. The molecule has 0 radical (unpaired) electrons. The van der Waals surface area contributed by atoms with Gasteiger partial charge in [-0.25, -0.2) is 0 Å². The fourth-order valence-electron chi connectivity index (χ4n) is 3.07. The summed E-state index contributed by atoms with van der Waals surface area (Å²) in [6.07, 6.45) is 2.90. The third-order valence-electron chi connectivity index (χ3n) is 4.66. The van der Waals surface area contributed by atoms with Gasteiger partial charge in [-0.2, -0.15) is 0 Å². The number of anilines is 3. The van der Waals surface area contributed by atoms with Crippen LogP contribution in [0.3, 0.4) is 0 Å². The number of aromatic nitrogens is 1. The Morgan fingerprint density at radius 3 is 2.38 bits per heavy atom. The molecule has 164 valence electrons. The van der Waals surface area contributed by atoms with Gasteiger partial charge >= 0.3 is 0 Å². The molecule has 3 aromatic rings. The first kappa shape index (κ1) is 22.8. The molecule has 1 aliphatic rings. The number of rotatable bonds is 5. The summed E-state index contributed by atoms with van der Waals surface area (Å²) >= 11 is 5.86. The fourth-order valence-corrected chi connectivity index (χ4v) is 3.20. The highest BCUT2D eigenvalue weighted by molar-refractivity contribution is 6.30. The monoisotopic (exact) mass is 451 g/mol. The summed E-state index contributed by atoms with van der Waals surface area (Å²) in [5.41, 5.74) is 2.36. The van der Waals surface area contributed by atoms with Gasteiger partial charge in [-0.3, -0.25) is 24.9 Å². The molecular formula is C23H22ClN5O3. The zero-order valence-electron chi connectivity index (χ0n) is 16.3. The Balaban J connectivity index is 0.00000289. The van der Waals surface area contributed by atoms with Gasteiger partial charge in [-0.05, 0) is 54.6 Å². The Kier molecular flexibility index (Phi) is 7.07. The second kappa shape index (κ2) is 9.93. The lowest BCUT2D eigenvalue weighted by Crippen LogP contribution is -2.23. The number of hydrogen-bond donors (Lipinski definition) is 3. The summed E-state index contributed by atoms with van der Waals surface area (Å²) in [6.45, 7) is 1.09. The summed E-state index contributed by atoms with van der Waals surface area (Å²) in [5.74, 6) is -0.767. The van der Waals surface area contributed by atoms with E-state index in [2.05, 4.69) is 15.6 Å². The second-order valence-electron chi connectivity index (χ2n) is 6.69. The molecule has 2 amide bonds. The molecule has 2 aromatic carbocycles. The molecule has 4 rings (SSSR count). The highest BCUT2D eigenvalue weighted by Crippen LogP contribution is 2.22. The number of benzene rings is 2. The molecule has 0 bridgehead atoms. The smallest absolute Gasteiger partial charge is 0.289 e. The highest BCUT2D eigenvalue weighted by Gasteiger charge is 2.20. The van der Waals surface area contributed by atoms with Crippen LogP contribution in [-0.4, -0.2) is 36.0 Å². The molecule has 1 aromatic heterocycles. The number of amidine groups is 1. The lowest BCUT2D eigenvalue weighted by atomic mass is 10.1. The minimum Gasteiger partial charge on any atom is -0.463 e. The van der Waals surface area contributed by atoms with E-state index >= 15 is 0 Å². The van der Waals surface area contributed by atoms with Gasteiger partial charge in [0.2, 0.25) is 0 Å². The standard InChI is InChI=1S/C22H18ClN5O3.CH4/c23-15-3-1-14(2-4-15)20(29)27-19-13-25-10-9-18(19)21(30)26-16-5-7-17(8-6-16)28-11-12-31-22(28)24;/h1-10,13,24H,11-12H2,(H,26,30)(H,27,29);1H4. The number of carbonyl (C=O) groups is 2. The Labute approximate surface area is 190 Å². The van der Waals surface area contributed by atoms with Crippen molar-refractivity contribution < 1.29 is 14.3 Å². The van der Waals surface area contributed by atoms with Crippen molar-refractivity contribution in [1.82, 2.24) is 4.98 Å². The normalized spacial score (nSPS) is 12.5. The molecule has 2 heterocycles. The van der Waals surface area contributed by atoms with Gasteiger partial charge in [0, 0.05) is 28.2 Å². The van der Waals surface area contributed by atoms with Crippen molar-refractivity contribution in [1.29, 1.82) is 5.41 Å². The molecule has 3 N–H and O–H groups in total. The van der Waals surface area contributed by atoms with Crippen molar-refractivity contribution in [3.8, 4) is 0 Å². The van der Waals surface area contributed by atoms with Crippen molar-refractivity contribution >= 4 is 46.5 Å². The van der Waals surface area contributed by atoms with Gasteiger partial charge in [0.1, 0.15) is 6.61 Å². The van der Waals surface area contributed by atoms with Crippen LogP contribution in [0.15, 0.2) is 67.0 Å². The molecule has 1 aliphatic heterocycles. The quantitative estimate of drug-likeness (QED) is 0.523. The maximum absolute atomic E-state index is 12.8. The number of nitrogens with zero attached hydrogens (tertiary/aromatic N) is 2. The number of carbonyl (C=O) groups excluding carboxylic acids is 2. The topological polar surface area (TPSA) is 107 Å². The molecule has 0 unspecified atom stereocenters. The number of pyridine rings is 1. The predicted molar refractivity (Wildman–Crippen MR) is 126 cm³/mol. The van der Waals surface area contributed by atoms with E-state index in [1.54, 1.807) is 53.4 Å². The minimum atomic E-state index is -0.390. The maximum Gasteiger partial charge on any atom is 0.289 e. The number of hydrogen-bond acceptors (Lipinski definition) is 5. The average molecular weight is 452 g/mol. The van der Waals surface area contributed by atoms with Crippen LogP contribution in [0.2, 0.25) is 5.02 Å². The summed E-state index contributed by atoms with van der Waals surface area (Å²) < 4.78 is 5.15. The van der Waals surface area contributed by atoms with Crippen LogP contribution in [0.5, 0.6) is 0 Å². The average Bonchev–Trinajstić information content (AvgIpc) is 3.21. The molecule has 0 aliphatic carbocycles. The zero-order valence-corrected chi connectivity index (χ0v) is 17.0. The fraction of sp³-hybridized carbons (Fsp3) is 0.130. The van der Waals surface area contributed by atoms with Crippen LogP contribution >= 0.6 is 11.6 Å². The first-order valence-corrected chi connectivity index (χ1v) is 9.80. The van der Waals surface area contributed by atoms with Gasteiger partial charge < -0.3 is 15.4 Å². The van der Waals surface area contributed by atoms with Crippen LogP contribution in [0.1, 0.15) is 28.1 Å². The van der Waals surface area contributed by atoms with E-state index in [0.29, 0.717) is 35.1 Å². The van der Waals surface area contributed by atoms with Gasteiger partial charge in [0.05, 0.1) is 24.0 Å². The largest absolute Gasteiger partial charge is 0.463 e. The minimum absolute atomic E-state index is 0. The van der Waals surface area contributed by atoms with E-state index < -0.39 is 0 Å². The molecule has 32 heavy (non-hydrogen) atoms. The van der Waals surface area contributed by atoms with E-state index in [1.807, 2.05) is 0 Å². The maximum atomic E-state index is 12.8. The third kappa shape index (κ3) is 5.04. The first-order chi connectivity index (χ1) is 15.0. The SMILES string of the molecule is C.N=C1OCCN1c1ccc(NC(=O)c2ccncc2NC(=O)c2ccc(Cl)cc2)cc1. The molecule has 8 nitrogen and oxygen atoms in total. The molecule has 0 saturated carbocycles. The Bertz CT molecular complexity index is 1130. The molecular weight excluding hydrogens is 430 g/mol. The second-order valence-corrected chi connectivity index (χ2v) is 7.12. The van der Waals surface area contributed by atoms with Crippen molar-refractivity contribution in [2.24, 2.45) is 0 Å². The summed E-state index contributed by atoms with van der Waals surface area (Å²) in [5, 5.41) is 13.8. The number of halogens is 1. The van der Waals surface area contributed by atoms with Crippen LogP contribution in [0, 0.1) is 5.41 Å². The summed E-state index contributed by atoms with van der Waals surface area (Å²) in [6, 6.07) is 15.2. The van der Waals surface area contributed by atoms with Crippen molar-refractivity contribution in [3.63, 3.8) is 0 Å².